The molecule has 1 aliphatic heterocycles. The number of amides is 2. The van der Waals surface area contributed by atoms with Crippen LogP contribution in [-0.4, -0.2) is 55.1 Å². The minimum absolute atomic E-state index is 0.0541. The van der Waals surface area contributed by atoms with Crippen molar-refractivity contribution in [1.29, 1.82) is 0 Å². The highest BCUT2D eigenvalue weighted by Crippen LogP contribution is 2.21. The monoisotopic (exact) mass is 484 g/mol. The Morgan fingerprint density at radius 3 is 2.19 bits per heavy atom. The summed E-state index contributed by atoms with van der Waals surface area (Å²) >= 11 is 0. The zero-order chi connectivity index (χ0) is 25.5. The number of piperazine rings is 1. The predicted molar refractivity (Wildman–Crippen MR) is 136 cm³/mol. The molecule has 0 bridgehead atoms. The maximum Gasteiger partial charge on any atom is 0.337 e. The van der Waals surface area contributed by atoms with Gasteiger partial charge in [0.05, 0.1) is 17.6 Å². The smallest absolute Gasteiger partial charge is 0.337 e. The number of carbonyl (C=O) groups is 2. The molecule has 36 heavy (non-hydrogen) atoms. The molecular formula is C27H24N4O5. The van der Waals surface area contributed by atoms with Crippen LogP contribution >= 0.6 is 0 Å². The Kier molecular flexibility index (Phi) is 7.46. The number of nitro groups is 1. The van der Waals surface area contributed by atoms with E-state index in [2.05, 4.69) is 22.1 Å². The van der Waals surface area contributed by atoms with Gasteiger partial charge in [0.15, 0.2) is 0 Å². The van der Waals surface area contributed by atoms with Gasteiger partial charge in [0.1, 0.15) is 0 Å². The summed E-state index contributed by atoms with van der Waals surface area (Å²) < 4.78 is 4.74. The number of carbonyl (C=O) groups excluding carboxylic acids is 2. The molecule has 0 spiro atoms. The molecule has 1 fully saturated rings. The SMILES string of the molecule is COC(=O)c1cccc(C#Cc2cccc(NC(=O)N3CCN(c4ccc([N+](=O)[O-])cc4)CC3)c2)c1. The molecule has 2 amide bonds. The van der Waals surface area contributed by atoms with Crippen molar-refractivity contribution in [1.82, 2.24) is 4.90 Å². The Hall–Kier alpha value is -4.84. The minimum Gasteiger partial charge on any atom is -0.465 e. The first kappa shape index (κ1) is 24.3. The summed E-state index contributed by atoms with van der Waals surface area (Å²) in [4.78, 5) is 38.7. The van der Waals surface area contributed by atoms with Gasteiger partial charge in [-0.2, -0.15) is 0 Å². The molecule has 1 aliphatic rings. The fraction of sp³-hybridized carbons (Fsp3) is 0.185. The second-order valence-electron chi connectivity index (χ2n) is 8.08. The van der Waals surface area contributed by atoms with Gasteiger partial charge < -0.3 is 19.9 Å². The molecule has 3 aromatic carbocycles. The molecule has 0 atom stereocenters. The first-order chi connectivity index (χ1) is 17.4. The van der Waals surface area contributed by atoms with Crippen molar-refractivity contribution in [2.24, 2.45) is 0 Å². The molecule has 4 rings (SSSR count). The predicted octanol–water partition coefficient (Wildman–Crippen LogP) is 4.14. The molecule has 0 aliphatic carbocycles. The van der Waals surface area contributed by atoms with Crippen LogP contribution in [-0.2, 0) is 4.74 Å². The van der Waals surface area contributed by atoms with E-state index in [1.807, 2.05) is 12.1 Å². The van der Waals surface area contributed by atoms with Gasteiger partial charge in [-0.25, -0.2) is 9.59 Å². The number of anilines is 2. The lowest BCUT2D eigenvalue weighted by Gasteiger charge is -2.36. The number of non-ortho nitro benzene ring substituents is 1. The fourth-order valence-corrected chi connectivity index (χ4v) is 3.82. The number of benzene rings is 3. The Morgan fingerprint density at radius 2 is 1.56 bits per heavy atom. The molecule has 182 valence electrons. The van der Waals surface area contributed by atoms with E-state index in [0.29, 0.717) is 43.0 Å². The Morgan fingerprint density at radius 1 is 0.917 bits per heavy atom. The maximum absolute atomic E-state index is 12.8. The van der Waals surface area contributed by atoms with E-state index in [1.54, 1.807) is 53.4 Å². The van der Waals surface area contributed by atoms with E-state index in [-0.39, 0.29) is 11.7 Å². The first-order valence-corrected chi connectivity index (χ1v) is 11.3. The van der Waals surface area contributed by atoms with E-state index in [0.717, 1.165) is 11.3 Å². The average Bonchev–Trinajstić information content (AvgIpc) is 2.92. The number of nitro benzene ring substituents is 1. The van der Waals surface area contributed by atoms with Crippen LogP contribution in [0.25, 0.3) is 0 Å². The van der Waals surface area contributed by atoms with Crippen LogP contribution in [0.1, 0.15) is 21.5 Å². The molecule has 9 nitrogen and oxygen atoms in total. The van der Waals surface area contributed by atoms with Crippen molar-refractivity contribution in [3.05, 3.63) is 99.6 Å². The van der Waals surface area contributed by atoms with Crippen LogP contribution in [0.15, 0.2) is 72.8 Å². The zero-order valence-corrected chi connectivity index (χ0v) is 19.6. The largest absolute Gasteiger partial charge is 0.465 e. The third-order valence-electron chi connectivity index (χ3n) is 5.74. The standard InChI is InChI=1S/C27H24N4O5/c1-36-26(32)22-6-2-4-20(18-22)8-9-21-5-3-7-23(19-21)28-27(33)30-16-14-29(15-17-30)24-10-12-25(13-11-24)31(34)35/h2-7,10-13,18-19H,14-17H2,1H3,(H,28,33). The number of urea groups is 1. The van der Waals surface area contributed by atoms with Crippen LogP contribution in [0.5, 0.6) is 0 Å². The van der Waals surface area contributed by atoms with Gasteiger partial charge in [-0.05, 0) is 48.5 Å². The third kappa shape index (κ3) is 5.98. The Bertz CT molecular complexity index is 1340. The average molecular weight is 485 g/mol. The second-order valence-corrected chi connectivity index (χ2v) is 8.08. The number of methoxy groups -OCH3 is 1. The van der Waals surface area contributed by atoms with Crippen molar-refractivity contribution in [3.8, 4) is 11.8 Å². The highest BCUT2D eigenvalue weighted by molar-refractivity contribution is 5.90. The highest BCUT2D eigenvalue weighted by Gasteiger charge is 2.22. The molecule has 9 heteroatoms. The van der Waals surface area contributed by atoms with E-state index in [1.165, 1.54) is 19.2 Å². The van der Waals surface area contributed by atoms with Gasteiger partial charge in [-0.3, -0.25) is 10.1 Å². The summed E-state index contributed by atoms with van der Waals surface area (Å²) in [5.41, 5.74) is 3.41. The van der Waals surface area contributed by atoms with Gasteiger partial charge in [0.2, 0.25) is 0 Å². The summed E-state index contributed by atoms with van der Waals surface area (Å²) in [5, 5.41) is 13.8. The van der Waals surface area contributed by atoms with Crippen molar-refractivity contribution in [3.63, 3.8) is 0 Å². The maximum atomic E-state index is 12.8. The van der Waals surface area contributed by atoms with Gasteiger partial charge >= 0.3 is 12.0 Å². The van der Waals surface area contributed by atoms with E-state index >= 15 is 0 Å². The lowest BCUT2D eigenvalue weighted by atomic mass is 10.1. The van der Waals surface area contributed by atoms with Gasteiger partial charge in [-0.1, -0.05) is 24.0 Å². The highest BCUT2D eigenvalue weighted by atomic mass is 16.6. The number of esters is 1. The summed E-state index contributed by atoms with van der Waals surface area (Å²) in [6, 6.07) is 20.4. The number of nitrogens with one attached hydrogen (secondary N) is 1. The van der Waals surface area contributed by atoms with Crippen molar-refractivity contribution < 1.29 is 19.2 Å². The number of hydrogen-bond acceptors (Lipinski definition) is 6. The van der Waals surface area contributed by atoms with Gasteiger partial charge in [0, 0.05) is 60.8 Å². The van der Waals surface area contributed by atoms with Crippen molar-refractivity contribution in [2.45, 2.75) is 0 Å². The minimum atomic E-state index is -0.421. The molecule has 1 heterocycles. The lowest BCUT2D eigenvalue weighted by Crippen LogP contribution is -2.50. The number of nitrogens with zero attached hydrogens (tertiary/aromatic N) is 3. The molecule has 0 saturated carbocycles. The lowest BCUT2D eigenvalue weighted by molar-refractivity contribution is -0.384. The quantitative estimate of drug-likeness (QED) is 0.258. The van der Waals surface area contributed by atoms with Crippen LogP contribution in [0.3, 0.4) is 0 Å². The van der Waals surface area contributed by atoms with Crippen LogP contribution in [0, 0.1) is 22.0 Å². The van der Waals surface area contributed by atoms with E-state index < -0.39 is 10.9 Å². The topological polar surface area (TPSA) is 105 Å². The third-order valence-corrected chi connectivity index (χ3v) is 5.74. The molecule has 0 unspecified atom stereocenters. The zero-order valence-electron chi connectivity index (χ0n) is 19.6. The molecule has 0 radical (unpaired) electrons. The Labute approximate surface area is 208 Å². The molecule has 3 aromatic rings. The van der Waals surface area contributed by atoms with E-state index in [4.69, 9.17) is 4.74 Å². The van der Waals surface area contributed by atoms with E-state index in [9.17, 15) is 19.7 Å². The van der Waals surface area contributed by atoms with Crippen molar-refractivity contribution >= 4 is 29.1 Å². The first-order valence-electron chi connectivity index (χ1n) is 11.3. The number of hydrogen-bond donors (Lipinski definition) is 1. The summed E-state index contributed by atoms with van der Waals surface area (Å²) in [5.74, 6) is 5.67. The molecule has 1 saturated heterocycles. The normalized spacial score (nSPS) is 12.8. The summed E-state index contributed by atoms with van der Waals surface area (Å²) in [7, 11) is 1.33. The van der Waals surface area contributed by atoms with Crippen LogP contribution in [0.2, 0.25) is 0 Å². The molecule has 0 aromatic heterocycles. The van der Waals surface area contributed by atoms with Gasteiger partial charge in [0.25, 0.3) is 5.69 Å². The van der Waals surface area contributed by atoms with Gasteiger partial charge in [-0.15, -0.1) is 0 Å². The second kappa shape index (κ2) is 11.1. The fourth-order valence-electron chi connectivity index (χ4n) is 3.82. The van der Waals surface area contributed by atoms with Crippen LogP contribution < -0.4 is 10.2 Å². The van der Waals surface area contributed by atoms with Crippen LogP contribution in [0.4, 0.5) is 21.9 Å². The number of rotatable bonds is 4. The number of ether oxygens (including phenoxy) is 1. The Balaban J connectivity index is 1.35. The molecule has 1 N–H and O–H groups in total. The summed E-state index contributed by atoms with van der Waals surface area (Å²) in [6.45, 7) is 2.31. The molecular weight excluding hydrogens is 460 g/mol. The summed E-state index contributed by atoms with van der Waals surface area (Å²) in [6.07, 6.45) is 0. The van der Waals surface area contributed by atoms with Crippen molar-refractivity contribution in [2.75, 3.05) is 43.5 Å².